The smallest absolute Gasteiger partial charge is 0.243 e. The van der Waals surface area contributed by atoms with Crippen LogP contribution in [0.5, 0.6) is 0 Å². The lowest BCUT2D eigenvalue weighted by Gasteiger charge is -2.30. The van der Waals surface area contributed by atoms with Crippen LogP contribution in [0, 0.1) is 17.8 Å². The molecule has 1 aliphatic heterocycles. The molecule has 27 nitrogen and oxygen atoms in total. The van der Waals surface area contributed by atoms with Gasteiger partial charge in [0.05, 0.1) is 0 Å². The van der Waals surface area contributed by atoms with Gasteiger partial charge in [0.1, 0.15) is 60.4 Å². The normalized spacial score (nSPS) is 23.9. The fraction of sp³-hybridized carbons (Fsp3) is 0.726. The number of hydrogen-bond donors (Lipinski definition) is 16. The third-order valence-corrected chi connectivity index (χ3v) is 15.1. The molecular formula is C62H110N16O11. The van der Waals surface area contributed by atoms with Gasteiger partial charge in [-0.2, -0.15) is 0 Å². The highest BCUT2D eigenvalue weighted by Crippen LogP contribution is 2.16. The predicted molar refractivity (Wildman–Crippen MR) is 341 cm³/mol. The molecule has 27 heteroatoms. The SMILES string of the molecule is CC(C)C[C@@H]1NC(=O)[C@H](CCCCN)NC(=O)[C@H](CCCCN)NC(=O)[C@H](Cc2ccccc2)NC(=O)[C@H](CCCCN)NC(=O)[C@H](CC(C)C)NC(=O)[C@H](CCCCN)NC(=O)[C@H](CC(C)C)NC(=O)[C@H](CCCCN)NC(=O)[C@H](CCC(N)=O)NC1=O. The third-order valence-electron chi connectivity index (χ3n) is 15.1. The van der Waals surface area contributed by atoms with Crippen molar-refractivity contribution in [2.45, 2.75) is 237 Å². The molecule has 0 bridgehead atoms. The lowest BCUT2D eigenvalue weighted by Crippen LogP contribution is -2.61. The fourth-order valence-electron chi connectivity index (χ4n) is 10.3. The standard InChI is InChI=1S/C62H110N16O11/c1-38(2)34-48-59(86)71-45(25-13-18-32-66)56(83)76-49(35-39(3)4)60(87)72-46(26-14-19-33-67)57(84)78-51(37-41-20-8-7-9-21-41)62(89)73-42(22-10-15-29-63)53(80)69-43(23-11-16-30-64)54(81)77-50(36-40(5)6)61(88)74-47(27-28-52(68)79)58(85)70-44(55(82)75-48)24-12-17-31-65/h7-9,20-21,38-40,42-51H,10-19,22-37,63-67H2,1-6H3,(H2,68,79)(H,69,80)(H,70,85)(H,71,86)(H,72,87)(H,73,89)(H,74,88)(H,75,82)(H,76,83)(H,77,81)(H,78,84)/t42-,43-,44-,45-,46-,47-,48-,49-,50-,51-/m0/s1. The summed E-state index contributed by atoms with van der Waals surface area (Å²) in [6.07, 6.45) is 3.81. The van der Waals surface area contributed by atoms with Crippen molar-refractivity contribution in [1.82, 2.24) is 53.2 Å². The van der Waals surface area contributed by atoms with E-state index in [1.807, 2.05) is 27.7 Å². The molecule has 0 spiro atoms. The van der Waals surface area contributed by atoms with Crippen LogP contribution in [0.2, 0.25) is 0 Å². The van der Waals surface area contributed by atoms with E-state index in [1.165, 1.54) is 0 Å². The number of carbonyl (C=O) groups is 11. The summed E-state index contributed by atoms with van der Waals surface area (Å²) in [6, 6.07) is -4.30. The molecule has 89 heavy (non-hydrogen) atoms. The first-order chi connectivity index (χ1) is 42.4. The van der Waals surface area contributed by atoms with Gasteiger partial charge < -0.3 is 87.6 Å². The summed E-state index contributed by atoms with van der Waals surface area (Å²) in [7, 11) is 0. The Bertz CT molecular complexity index is 2370. The minimum Gasteiger partial charge on any atom is -0.370 e. The highest BCUT2D eigenvalue weighted by molar-refractivity contribution is 5.99. The van der Waals surface area contributed by atoms with E-state index in [0.29, 0.717) is 69.8 Å². The van der Waals surface area contributed by atoms with Crippen LogP contribution < -0.4 is 87.6 Å². The van der Waals surface area contributed by atoms with Crippen LogP contribution in [-0.4, -0.2) is 158 Å². The second-order valence-corrected chi connectivity index (χ2v) is 24.6. The van der Waals surface area contributed by atoms with Gasteiger partial charge in [-0.25, -0.2) is 0 Å². The van der Waals surface area contributed by atoms with Gasteiger partial charge in [0, 0.05) is 12.8 Å². The van der Waals surface area contributed by atoms with Crippen molar-refractivity contribution < 1.29 is 52.7 Å². The van der Waals surface area contributed by atoms with E-state index < -0.39 is 125 Å². The Morgan fingerprint density at radius 3 is 0.775 bits per heavy atom. The monoisotopic (exact) mass is 1250 g/mol. The van der Waals surface area contributed by atoms with E-state index in [1.54, 1.807) is 44.2 Å². The van der Waals surface area contributed by atoms with Gasteiger partial charge in [-0.05, 0) is 178 Å². The zero-order chi connectivity index (χ0) is 66.4. The van der Waals surface area contributed by atoms with Crippen molar-refractivity contribution in [1.29, 1.82) is 0 Å². The number of benzene rings is 1. The van der Waals surface area contributed by atoms with Crippen molar-refractivity contribution >= 4 is 65.0 Å². The summed E-state index contributed by atoms with van der Waals surface area (Å²) in [6.45, 7) is 12.2. The summed E-state index contributed by atoms with van der Waals surface area (Å²) in [5, 5.41) is 27.9. The van der Waals surface area contributed by atoms with Gasteiger partial charge in [0.2, 0.25) is 65.0 Å². The predicted octanol–water partition coefficient (Wildman–Crippen LogP) is -0.861. The minimum absolute atomic E-state index is 0.0232. The molecule has 0 unspecified atom stereocenters. The minimum atomic E-state index is -1.49. The molecule has 11 amide bonds. The van der Waals surface area contributed by atoms with Crippen LogP contribution in [0.15, 0.2) is 30.3 Å². The Morgan fingerprint density at radius 1 is 0.326 bits per heavy atom. The molecule has 0 aliphatic carbocycles. The first kappa shape index (κ1) is 78.3. The van der Waals surface area contributed by atoms with Crippen LogP contribution in [-0.2, 0) is 59.2 Å². The number of nitrogens with one attached hydrogen (secondary N) is 10. The molecule has 0 radical (unpaired) electrons. The number of nitrogens with two attached hydrogens (primary N) is 6. The van der Waals surface area contributed by atoms with Gasteiger partial charge in [-0.1, -0.05) is 71.9 Å². The quantitative estimate of drug-likeness (QED) is 0.0402. The van der Waals surface area contributed by atoms with Gasteiger partial charge in [0.15, 0.2) is 0 Å². The molecule has 1 aromatic carbocycles. The van der Waals surface area contributed by atoms with Gasteiger partial charge >= 0.3 is 0 Å². The molecule has 0 saturated carbocycles. The molecule has 1 heterocycles. The lowest BCUT2D eigenvalue weighted by atomic mass is 9.99. The highest BCUT2D eigenvalue weighted by Gasteiger charge is 2.37. The van der Waals surface area contributed by atoms with Crippen molar-refractivity contribution in [3.8, 4) is 0 Å². The third kappa shape index (κ3) is 31.5. The summed E-state index contributed by atoms with van der Waals surface area (Å²) in [5.74, 6) is -9.14. The van der Waals surface area contributed by atoms with E-state index in [-0.39, 0.29) is 121 Å². The molecular weight excluding hydrogens is 1140 g/mol. The highest BCUT2D eigenvalue weighted by atomic mass is 16.2. The average Bonchev–Trinajstić information content (AvgIpc) is 2.10. The number of carbonyl (C=O) groups excluding carboxylic acids is 11. The topological polar surface area (TPSA) is 464 Å². The molecule has 1 aliphatic rings. The summed E-state index contributed by atoms with van der Waals surface area (Å²) < 4.78 is 0. The van der Waals surface area contributed by atoms with Crippen LogP contribution >= 0.6 is 0 Å². The maximum Gasteiger partial charge on any atom is 0.243 e. The largest absolute Gasteiger partial charge is 0.370 e. The van der Waals surface area contributed by atoms with E-state index in [0.717, 1.165) is 0 Å². The first-order valence-electron chi connectivity index (χ1n) is 32.2. The summed E-state index contributed by atoms with van der Waals surface area (Å²) >= 11 is 0. The fourth-order valence-corrected chi connectivity index (χ4v) is 10.3. The van der Waals surface area contributed by atoms with Crippen molar-refractivity contribution in [3.05, 3.63) is 35.9 Å². The molecule has 22 N–H and O–H groups in total. The second kappa shape index (κ2) is 43.8. The zero-order valence-electron chi connectivity index (χ0n) is 53.7. The number of unbranched alkanes of at least 4 members (excludes halogenated alkanes) is 5. The molecule has 504 valence electrons. The first-order valence-corrected chi connectivity index (χ1v) is 32.2. The number of rotatable bonds is 31. The van der Waals surface area contributed by atoms with E-state index >= 15 is 0 Å². The average molecular weight is 1260 g/mol. The van der Waals surface area contributed by atoms with Crippen molar-refractivity contribution in [3.63, 3.8) is 0 Å². The van der Waals surface area contributed by atoms with Crippen LogP contribution in [0.3, 0.4) is 0 Å². The number of primary amides is 1. The summed E-state index contributed by atoms with van der Waals surface area (Å²) in [4.78, 5) is 158. The van der Waals surface area contributed by atoms with Gasteiger partial charge in [-0.3, -0.25) is 52.7 Å². The molecule has 1 saturated heterocycles. The van der Waals surface area contributed by atoms with Crippen LogP contribution in [0.4, 0.5) is 0 Å². The Hall–Kier alpha value is -6.81. The maximum absolute atomic E-state index is 14.8. The Balaban J connectivity index is 3.01. The van der Waals surface area contributed by atoms with Crippen LogP contribution in [0.25, 0.3) is 0 Å². The molecule has 10 atom stereocenters. The van der Waals surface area contributed by atoms with E-state index in [9.17, 15) is 52.7 Å². The molecule has 1 aromatic rings. The second-order valence-electron chi connectivity index (χ2n) is 24.6. The van der Waals surface area contributed by atoms with Gasteiger partial charge in [0.25, 0.3) is 0 Å². The van der Waals surface area contributed by atoms with E-state index in [2.05, 4.69) is 53.2 Å². The zero-order valence-corrected chi connectivity index (χ0v) is 53.7. The molecule has 0 aromatic heterocycles. The molecule has 1 fully saturated rings. The van der Waals surface area contributed by atoms with Gasteiger partial charge in [-0.15, -0.1) is 0 Å². The number of hydrogen-bond acceptors (Lipinski definition) is 16. The van der Waals surface area contributed by atoms with Crippen molar-refractivity contribution in [2.24, 2.45) is 52.2 Å². The Labute approximate surface area is 526 Å². The Morgan fingerprint density at radius 2 is 0.539 bits per heavy atom. The van der Waals surface area contributed by atoms with E-state index in [4.69, 9.17) is 34.4 Å². The Kier molecular flexibility index (Phi) is 38.5. The summed E-state index contributed by atoms with van der Waals surface area (Å²) in [5.41, 5.74) is 35.5. The number of amides is 11. The maximum atomic E-state index is 14.8. The van der Waals surface area contributed by atoms with Crippen molar-refractivity contribution in [2.75, 3.05) is 32.7 Å². The molecule has 2 rings (SSSR count). The lowest BCUT2D eigenvalue weighted by molar-refractivity contribution is -0.137. The van der Waals surface area contributed by atoms with Crippen LogP contribution in [0.1, 0.15) is 176 Å².